The highest BCUT2D eigenvalue weighted by Crippen LogP contribution is 2.07. The molecule has 1 fully saturated rings. The van der Waals surface area contributed by atoms with Crippen LogP contribution in [-0.2, 0) is 19.1 Å². The standard InChI is InChI=1S/C14H25N3O4.C6H13NO2.C2H6/c1-5-11(18)16-6-8-17(9-7-16)12(19)10-15-13(20)21-14(2,3)4;1-6(2,3)9-5(8)7-4;1-2/h5-10H2,1-4H3,(H,15,20);1-4H3,(H,7,8);1-2H3. The van der Waals surface area contributed by atoms with Gasteiger partial charge in [-0.05, 0) is 41.5 Å². The van der Waals surface area contributed by atoms with Crippen LogP contribution in [0.25, 0.3) is 0 Å². The lowest BCUT2D eigenvalue weighted by Gasteiger charge is -2.34. The lowest BCUT2D eigenvalue weighted by atomic mass is 10.2. The third-order valence-corrected chi connectivity index (χ3v) is 3.67. The summed E-state index contributed by atoms with van der Waals surface area (Å²) in [5.41, 5.74) is -0.973. The van der Waals surface area contributed by atoms with Gasteiger partial charge in [0, 0.05) is 39.6 Å². The Morgan fingerprint density at radius 2 is 1.12 bits per heavy atom. The van der Waals surface area contributed by atoms with Crippen molar-refractivity contribution in [2.45, 2.75) is 79.9 Å². The molecule has 0 aliphatic carbocycles. The fourth-order valence-corrected chi connectivity index (χ4v) is 2.33. The number of rotatable bonds is 3. The number of hydrogen-bond acceptors (Lipinski definition) is 6. The number of ether oxygens (including phenoxy) is 2. The van der Waals surface area contributed by atoms with E-state index in [1.54, 1.807) is 30.6 Å². The van der Waals surface area contributed by atoms with Crippen LogP contribution in [0, 0.1) is 0 Å². The van der Waals surface area contributed by atoms with Gasteiger partial charge in [-0.1, -0.05) is 20.8 Å². The van der Waals surface area contributed by atoms with Crippen molar-refractivity contribution < 1.29 is 28.7 Å². The van der Waals surface area contributed by atoms with Crippen LogP contribution >= 0.6 is 0 Å². The molecule has 188 valence electrons. The SMILES string of the molecule is CC.CCC(=O)N1CCN(C(=O)CNC(=O)OC(C)(C)C)CC1.CNC(=O)OC(C)(C)C. The van der Waals surface area contributed by atoms with E-state index in [1.807, 2.05) is 41.5 Å². The highest BCUT2D eigenvalue weighted by molar-refractivity contribution is 5.83. The van der Waals surface area contributed by atoms with Gasteiger partial charge < -0.3 is 29.9 Å². The number of hydrogen-bond donors (Lipinski definition) is 2. The van der Waals surface area contributed by atoms with Crippen molar-refractivity contribution in [3.05, 3.63) is 0 Å². The summed E-state index contributed by atoms with van der Waals surface area (Å²) in [6.07, 6.45) is -0.508. The maximum atomic E-state index is 12.0. The van der Waals surface area contributed by atoms with Gasteiger partial charge in [0.2, 0.25) is 11.8 Å². The average Bonchev–Trinajstić information content (AvgIpc) is 2.71. The summed E-state index contributed by atoms with van der Waals surface area (Å²) < 4.78 is 9.90. The molecule has 2 N–H and O–H groups in total. The Bertz CT molecular complexity index is 588. The third-order valence-electron chi connectivity index (χ3n) is 3.67. The number of carbonyl (C=O) groups excluding carboxylic acids is 4. The van der Waals surface area contributed by atoms with Crippen molar-refractivity contribution in [3.8, 4) is 0 Å². The Hall–Kier alpha value is -2.52. The van der Waals surface area contributed by atoms with Crippen LogP contribution in [0.3, 0.4) is 0 Å². The van der Waals surface area contributed by atoms with Gasteiger partial charge in [0.25, 0.3) is 0 Å². The number of piperazine rings is 1. The van der Waals surface area contributed by atoms with Gasteiger partial charge in [0.1, 0.15) is 17.7 Å². The summed E-state index contributed by atoms with van der Waals surface area (Å²) in [6, 6.07) is 0. The van der Waals surface area contributed by atoms with Crippen LogP contribution < -0.4 is 10.6 Å². The zero-order valence-corrected chi connectivity index (χ0v) is 21.6. The molecular weight excluding hydrogens is 416 g/mol. The zero-order valence-electron chi connectivity index (χ0n) is 21.6. The van der Waals surface area contributed by atoms with Crippen LogP contribution in [0.2, 0.25) is 0 Å². The first-order valence-corrected chi connectivity index (χ1v) is 11.1. The van der Waals surface area contributed by atoms with E-state index in [9.17, 15) is 19.2 Å². The molecule has 0 aromatic carbocycles. The Morgan fingerprint density at radius 1 is 0.750 bits per heavy atom. The molecule has 1 aliphatic heterocycles. The van der Waals surface area contributed by atoms with Crippen LogP contribution in [0.4, 0.5) is 9.59 Å². The quantitative estimate of drug-likeness (QED) is 0.669. The summed E-state index contributed by atoms with van der Waals surface area (Å²) in [6.45, 7) is 18.6. The van der Waals surface area contributed by atoms with E-state index in [2.05, 4.69) is 10.6 Å². The number of amides is 4. The number of alkyl carbamates (subject to hydrolysis) is 2. The molecule has 0 saturated carbocycles. The molecule has 0 aromatic heterocycles. The van der Waals surface area contributed by atoms with Gasteiger partial charge in [-0.15, -0.1) is 0 Å². The summed E-state index contributed by atoms with van der Waals surface area (Å²) in [5, 5.41) is 4.81. The van der Waals surface area contributed by atoms with E-state index >= 15 is 0 Å². The van der Waals surface area contributed by atoms with E-state index < -0.39 is 11.7 Å². The molecule has 0 aromatic rings. The maximum absolute atomic E-state index is 12.0. The van der Waals surface area contributed by atoms with E-state index in [-0.39, 0.29) is 30.1 Å². The molecular formula is C22H44N4O6. The molecule has 1 saturated heterocycles. The molecule has 32 heavy (non-hydrogen) atoms. The van der Waals surface area contributed by atoms with Gasteiger partial charge in [-0.3, -0.25) is 9.59 Å². The zero-order chi connectivity index (χ0) is 25.5. The highest BCUT2D eigenvalue weighted by atomic mass is 16.6. The summed E-state index contributed by atoms with van der Waals surface area (Å²) in [7, 11) is 1.54. The van der Waals surface area contributed by atoms with E-state index in [0.29, 0.717) is 32.6 Å². The van der Waals surface area contributed by atoms with Crippen molar-refractivity contribution in [2.24, 2.45) is 0 Å². The lowest BCUT2D eigenvalue weighted by Crippen LogP contribution is -2.52. The predicted octanol–water partition coefficient (Wildman–Crippen LogP) is 2.76. The molecule has 0 radical (unpaired) electrons. The van der Waals surface area contributed by atoms with Crippen molar-refractivity contribution >= 4 is 24.0 Å². The normalized spacial score (nSPS) is 13.4. The minimum absolute atomic E-state index is 0.0867. The molecule has 0 bridgehead atoms. The topological polar surface area (TPSA) is 117 Å². The number of nitrogens with zero attached hydrogens (tertiary/aromatic N) is 2. The van der Waals surface area contributed by atoms with Crippen LogP contribution in [0.1, 0.15) is 68.7 Å². The highest BCUT2D eigenvalue weighted by Gasteiger charge is 2.24. The Labute approximate surface area is 193 Å². The fraction of sp³-hybridized carbons (Fsp3) is 0.818. The molecule has 1 rings (SSSR count). The first-order valence-electron chi connectivity index (χ1n) is 11.1. The van der Waals surface area contributed by atoms with Crippen LogP contribution in [0.5, 0.6) is 0 Å². The van der Waals surface area contributed by atoms with Gasteiger partial charge >= 0.3 is 12.2 Å². The molecule has 1 aliphatic rings. The number of carbonyl (C=O) groups is 4. The maximum Gasteiger partial charge on any atom is 0.408 e. The van der Waals surface area contributed by atoms with Crippen LogP contribution in [-0.4, -0.2) is 84.8 Å². The van der Waals surface area contributed by atoms with Gasteiger partial charge in [-0.2, -0.15) is 0 Å². The second-order valence-corrected chi connectivity index (χ2v) is 8.72. The average molecular weight is 461 g/mol. The van der Waals surface area contributed by atoms with Gasteiger partial charge in [-0.25, -0.2) is 9.59 Å². The predicted molar refractivity (Wildman–Crippen MR) is 124 cm³/mol. The van der Waals surface area contributed by atoms with Crippen molar-refractivity contribution in [1.82, 2.24) is 20.4 Å². The van der Waals surface area contributed by atoms with Crippen LogP contribution in [0.15, 0.2) is 0 Å². The minimum Gasteiger partial charge on any atom is -0.444 e. The first-order chi connectivity index (χ1) is 14.7. The van der Waals surface area contributed by atoms with Crippen molar-refractivity contribution in [2.75, 3.05) is 39.8 Å². The first kappa shape index (κ1) is 31.7. The second kappa shape index (κ2) is 15.3. The molecule has 10 heteroatoms. The van der Waals surface area contributed by atoms with E-state index in [4.69, 9.17) is 9.47 Å². The third kappa shape index (κ3) is 16.2. The lowest BCUT2D eigenvalue weighted by molar-refractivity contribution is -0.138. The minimum atomic E-state index is -0.601. The summed E-state index contributed by atoms with van der Waals surface area (Å²) in [4.78, 5) is 48.9. The van der Waals surface area contributed by atoms with Gasteiger partial charge in [0.15, 0.2) is 0 Å². The van der Waals surface area contributed by atoms with E-state index in [1.165, 1.54) is 7.05 Å². The Kier molecular flexibility index (Phi) is 15.1. The molecule has 4 amide bonds. The van der Waals surface area contributed by atoms with E-state index in [0.717, 1.165) is 0 Å². The molecule has 0 spiro atoms. The smallest absolute Gasteiger partial charge is 0.408 e. The van der Waals surface area contributed by atoms with Crippen molar-refractivity contribution in [1.29, 1.82) is 0 Å². The molecule has 1 heterocycles. The van der Waals surface area contributed by atoms with Gasteiger partial charge in [0.05, 0.1) is 0 Å². The molecule has 0 unspecified atom stereocenters. The monoisotopic (exact) mass is 460 g/mol. The Balaban J connectivity index is 0. The van der Waals surface area contributed by atoms with Crippen molar-refractivity contribution in [3.63, 3.8) is 0 Å². The largest absolute Gasteiger partial charge is 0.444 e. The Morgan fingerprint density at radius 3 is 1.44 bits per heavy atom. The molecule has 0 atom stereocenters. The number of nitrogens with one attached hydrogen (secondary N) is 2. The molecule has 10 nitrogen and oxygen atoms in total. The summed E-state index contributed by atoms with van der Waals surface area (Å²) >= 11 is 0. The fourth-order valence-electron chi connectivity index (χ4n) is 2.33. The second-order valence-electron chi connectivity index (χ2n) is 8.72. The summed E-state index contributed by atoms with van der Waals surface area (Å²) in [5.74, 6) is -0.0570.